The van der Waals surface area contributed by atoms with Crippen LogP contribution >= 0.6 is 0 Å². The molecule has 0 bridgehead atoms. The lowest BCUT2D eigenvalue weighted by Gasteiger charge is -2.09. The van der Waals surface area contributed by atoms with E-state index in [4.69, 9.17) is 4.74 Å². The van der Waals surface area contributed by atoms with Gasteiger partial charge in [0.05, 0.1) is 6.61 Å². The smallest absolute Gasteiger partial charge is 0.122 e. The molecule has 0 aliphatic carbocycles. The van der Waals surface area contributed by atoms with Crippen molar-refractivity contribution in [3.63, 3.8) is 0 Å². The van der Waals surface area contributed by atoms with Gasteiger partial charge in [-0.2, -0.15) is 0 Å². The number of benzene rings is 1. The van der Waals surface area contributed by atoms with Crippen LogP contribution in [0.1, 0.15) is 52.5 Å². The highest BCUT2D eigenvalue weighted by Gasteiger charge is 1.99. The number of unbranched alkanes of at least 4 members (excludes halogenated alkanes) is 1. The minimum Gasteiger partial charge on any atom is -0.493 e. The summed E-state index contributed by atoms with van der Waals surface area (Å²) in [5, 5.41) is 0. The van der Waals surface area contributed by atoms with Crippen LogP contribution in [-0.2, 0) is 6.42 Å². The minimum atomic E-state index is 0. The molecule has 2 heteroatoms. The van der Waals surface area contributed by atoms with Gasteiger partial charge in [-0.25, -0.2) is 0 Å². The molecule has 2 nitrogen and oxygen atoms in total. The maximum Gasteiger partial charge on any atom is 0.122 e. The lowest BCUT2D eigenvalue weighted by molar-refractivity contribution is 0.309. The van der Waals surface area contributed by atoms with Gasteiger partial charge in [-0.15, -0.1) is 0 Å². The second-order valence-electron chi connectivity index (χ2n) is 3.83. The molecule has 2 N–H and O–H groups in total. The summed E-state index contributed by atoms with van der Waals surface area (Å²) in [7, 11) is 0. The van der Waals surface area contributed by atoms with Crippen LogP contribution in [-0.4, -0.2) is 12.1 Å². The van der Waals surface area contributed by atoms with E-state index in [-0.39, 0.29) is 5.48 Å². The van der Waals surface area contributed by atoms with Gasteiger partial charge in [0.2, 0.25) is 0 Å². The zero-order chi connectivity index (χ0) is 13.6. The molecule has 0 saturated carbocycles. The highest BCUT2D eigenvalue weighted by Crippen LogP contribution is 2.18. The summed E-state index contributed by atoms with van der Waals surface area (Å²) >= 11 is 0. The molecule has 0 unspecified atom stereocenters. The minimum absolute atomic E-state index is 0. The van der Waals surface area contributed by atoms with Crippen molar-refractivity contribution >= 4 is 0 Å². The predicted molar refractivity (Wildman–Crippen MR) is 84.9 cm³/mol. The highest BCUT2D eigenvalue weighted by molar-refractivity contribution is 5.33. The lowest BCUT2D eigenvalue weighted by Crippen LogP contribution is -1.99. The molecule has 0 saturated heterocycles. The monoisotopic (exact) mass is 266 g/mol. The molecule has 1 aromatic carbocycles. The fourth-order valence-electron chi connectivity index (χ4n) is 1.60. The van der Waals surface area contributed by atoms with E-state index in [0.29, 0.717) is 0 Å². The molecule has 1 aromatic rings. The van der Waals surface area contributed by atoms with Crippen molar-refractivity contribution in [2.45, 2.75) is 53.4 Å². The lowest BCUT2D eigenvalue weighted by atomic mass is 10.1. The first-order valence-electron chi connectivity index (χ1n) is 7.24. The van der Waals surface area contributed by atoms with Crippen LogP contribution in [0, 0.1) is 0 Å². The summed E-state index contributed by atoms with van der Waals surface area (Å²) in [6.07, 6.45) is 8.80. The van der Waals surface area contributed by atoms with E-state index in [0.717, 1.165) is 38.0 Å². The standard InChI is InChI=1S/C15H22O.C2H6.H2O/c1-3-5-6-7-10-13-16-15-12-9-8-11-14(15)4-2;1-2;/h5-6,8-9,11-12H,3-4,7,10,13H2,1-2H3;1-2H3;1H2/b6-5-;;. The third-order valence-corrected chi connectivity index (χ3v) is 2.53. The summed E-state index contributed by atoms with van der Waals surface area (Å²) in [6, 6.07) is 8.29. The SMILES string of the molecule is CC.CC/C=C\CCCOc1ccccc1CC.O. The summed E-state index contributed by atoms with van der Waals surface area (Å²) in [5.74, 6) is 1.05. The molecule has 0 radical (unpaired) electrons. The Bertz CT molecular complexity index is 319. The maximum absolute atomic E-state index is 5.77. The molecular formula is C17H30O2. The Kier molecular flexibility index (Phi) is 15.6. The van der Waals surface area contributed by atoms with Crippen LogP contribution < -0.4 is 4.74 Å². The van der Waals surface area contributed by atoms with E-state index in [1.54, 1.807) is 0 Å². The third-order valence-electron chi connectivity index (χ3n) is 2.53. The Labute approximate surface area is 118 Å². The molecule has 0 atom stereocenters. The topological polar surface area (TPSA) is 40.7 Å². The highest BCUT2D eigenvalue weighted by atomic mass is 16.5. The molecule has 0 fully saturated rings. The summed E-state index contributed by atoms with van der Waals surface area (Å²) in [4.78, 5) is 0. The zero-order valence-electron chi connectivity index (χ0n) is 12.9. The number of hydrogen-bond donors (Lipinski definition) is 0. The van der Waals surface area contributed by atoms with E-state index in [2.05, 4.69) is 44.2 Å². The Morgan fingerprint density at radius 2 is 1.74 bits per heavy atom. The van der Waals surface area contributed by atoms with Crippen molar-refractivity contribution in [2.75, 3.05) is 6.61 Å². The Hall–Kier alpha value is -1.28. The number of rotatable bonds is 7. The second-order valence-corrected chi connectivity index (χ2v) is 3.83. The van der Waals surface area contributed by atoms with Crippen molar-refractivity contribution in [2.24, 2.45) is 0 Å². The Morgan fingerprint density at radius 1 is 1.05 bits per heavy atom. The first-order valence-corrected chi connectivity index (χ1v) is 7.24. The van der Waals surface area contributed by atoms with Gasteiger partial charge in [-0.3, -0.25) is 0 Å². The molecular weight excluding hydrogens is 236 g/mol. The van der Waals surface area contributed by atoms with E-state index in [9.17, 15) is 0 Å². The van der Waals surface area contributed by atoms with Gasteiger partial charge in [0.15, 0.2) is 0 Å². The Balaban J connectivity index is 0. The first-order chi connectivity index (χ1) is 8.88. The van der Waals surface area contributed by atoms with Crippen LogP contribution in [0.15, 0.2) is 36.4 Å². The van der Waals surface area contributed by atoms with Gasteiger partial charge < -0.3 is 10.2 Å². The largest absolute Gasteiger partial charge is 0.493 e. The number of ether oxygens (including phenoxy) is 1. The van der Waals surface area contributed by atoms with Crippen LogP contribution in [0.4, 0.5) is 0 Å². The normalized spacial score (nSPS) is 9.47. The molecule has 1 rings (SSSR count). The molecule has 0 aliphatic heterocycles. The molecule has 0 spiro atoms. The fraction of sp³-hybridized carbons (Fsp3) is 0.529. The van der Waals surface area contributed by atoms with Gasteiger partial charge >= 0.3 is 0 Å². The second kappa shape index (κ2) is 14.8. The fourth-order valence-corrected chi connectivity index (χ4v) is 1.60. The maximum atomic E-state index is 5.77. The van der Waals surface area contributed by atoms with Crippen molar-refractivity contribution in [3.05, 3.63) is 42.0 Å². The van der Waals surface area contributed by atoms with Crippen LogP contribution in [0.2, 0.25) is 0 Å². The quantitative estimate of drug-likeness (QED) is 0.526. The molecule has 110 valence electrons. The number of aryl methyl sites for hydroxylation is 1. The van der Waals surface area contributed by atoms with Crippen LogP contribution in [0.5, 0.6) is 5.75 Å². The summed E-state index contributed by atoms with van der Waals surface area (Å²) in [5.41, 5.74) is 1.30. The summed E-state index contributed by atoms with van der Waals surface area (Å²) < 4.78 is 5.77. The molecule has 0 amide bonds. The van der Waals surface area contributed by atoms with Crippen LogP contribution in [0.3, 0.4) is 0 Å². The van der Waals surface area contributed by atoms with E-state index in [1.807, 2.05) is 19.9 Å². The molecule has 0 aliphatic rings. The third kappa shape index (κ3) is 9.32. The average molecular weight is 266 g/mol. The summed E-state index contributed by atoms with van der Waals surface area (Å²) in [6.45, 7) is 9.13. The van der Waals surface area contributed by atoms with Gasteiger partial charge in [0.1, 0.15) is 5.75 Å². The predicted octanol–water partition coefficient (Wildman–Crippen LogP) is 4.58. The number of allylic oxidation sites excluding steroid dienone is 2. The van der Waals surface area contributed by atoms with Crippen molar-refractivity contribution < 1.29 is 10.2 Å². The van der Waals surface area contributed by atoms with Crippen molar-refractivity contribution in [3.8, 4) is 5.75 Å². The first kappa shape index (κ1) is 20.0. The van der Waals surface area contributed by atoms with E-state index >= 15 is 0 Å². The van der Waals surface area contributed by atoms with Gasteiger partial charge in [0, 0.05) is 0 Å². The number of para-hydroxylation sites is 1. The van der Waals surface area contributed by atoms with Gasteiger partial charge in [-0.1, -0.05) is 58.0 Å². The zero-order valence-corrected chi connectivity index (χ0v) is 12.9. The van der Waals surface area contributed by atoms with Crippen molar-refractivity contribution in [1.29, 1.82) is 0 Å². The van der Waals surface area contributed by atoms with Crippen LogP contribution in [0.25, 0.3) is 0 Å². The average Bonchev–Trinajstić information content (AvgIpc) is 2.45. The van der Waals surface area contributed by atoms with E-state index < -0.39 is 0 Å². The van der Waals surface area contributed by atoms with Gasteiger partial charge in [-0.05, 0) is 37.3 Å². The molecule has 0 aromatic heterocycles. The van der Waals surface area contributed by atoms with Gasteiger partial charge in [0.25, 0.3) is 0 Å². The van der Waals surface area contributed by atoms with Crippen molar-refractivity contribution in [1.82, 2.24) is 0 Å². The van der Waals surface area contributed by atoms with E-state index in [1.165, 1.54) is 5.56 Å². The Morgan fingerprint density at radius 3 is 2.37 bits per heavy atom. The number of hydrogen-bond acceptors (Lipinski definition) is 1. The molecule has 0 heterocycles. The molecule has 19 heavy (non-hydrogen) atoms.